The molecule has 7 heteroatoms. The normalized spacial score (nSPS) is 18.0. The lowest BCUT2D eigenvalue weighted by atomic mass is 10.2. The van der Waals surface area contributed by atoms with E-state index in [4.69, 9.17) is 0 Å². The zero-order chi connectivity index (χ0) is 16.5. The quantitative estimate of drug-likeness (QED) is 0.690. The van der Waals surface area contributed by atoms with Crippen molar-refractivity contribution in [2.75, 3.05) is 6.54 Å². The third-order valence-electron chi connectivity index (χ3n) is 4.32. The molecule has 0 bridgehead atoms. The second-order valence-electron chi connectivity index (χ2n) is 5.96. The number of carbonyl (C=O) groups excluding carboxylic acids is 1. The van der Waals surface area contributed by atoms with Gasteiger partial charge in [0.25, 0.3) is 0 Å². The third kappa shape index (κ3) is 2.58. The first-order valence-corrected chi connectivity index (χ1v) is 7.99. The third-order valence-corrected chi connectivity index (χ3v) is 4.32. The molecule has 0 radical (unpaired) electrons. The predicted octanol–water partition coefficient (Wildman–Crippen LogP) is 1.84. The fourth-order valence-corrected chi connectivity index (χ4v) is 3.18. The molecule has 122 valence electrons. The van der Waals surface area contributed by atoms with E-state index >= 15 is 0 Å². The summed E-state index contributed by atoms with van der Waals surface area (Å²) in [5, 5.41) is 12.6. The lowest BCUT2D eigenvalue weighted by Crippen LogP contribution is -2.30. The van der Waals surface area contributed by atoms with E-state index in [2.05, 4.69) is 15.3 Å². The first kappa shape index (κ1) is 14.6. The highest BCUT2D eigenvalue weighted by Crippen LogP contribution is 2.31. The number of fused-ring (bicyclic) bond motifs is 1. The molecule has 1 aliphatic rings. The lowest BCUT2D eigenvalue weighted by molar-refractivity contribution is -0.127. The summed E-state index contributed by atoms with van der Waals surface area (Å²) in [4.78, 5) is 14.5. The molecule has 3 aromatic rings. The van der Waals surface area contributed by atoms with Crippen molar-refractivity contribution in [3.63, 3.8) is 0 Å². The highest BCUT2D eigenvalue weighted by molar-refractivity contribution is 5.92. The Morgan fingerprint density at radius 3 is 3.08 bits per heavy atom. The summed E-state index contributed by atoms with van der Waals surface area (Å²) < 4.78 is 3.67. The number of hydrogen-bond donors (Lipinski definition) is 0. The molecule has 7 nitrogen and oxygen atoms in total. The number of carbonyl (C=O) groups is 1. The van der Waals surface area contributed by atoms with Gasteiger partial charge in [0.15, 0.2) is 11.5 Å². The molecule has 0 unspecified atom stereocenters. The molecule has 1 amide bonds. The minimum absolute atomic E-state index is 0.00552. The minimum atomic E-state index is -0.0338. The summed E-state index contributed by atoms with van der Waals surface area (Å²) in [6.07, 6.45) is 10.8. The number of hydrogen-bond acceptors (Lipinski definition) is 4. The largest absolute Gasteiger partial charge is 0.329 e. The first-order chi connectivity index (χ1) is 11.7. The van der Waals surface area contributed by atoms with Gasteiger partial charge in [0.05, 0.1) is 12.2 Å². The van der Waals surface area contributed by atoms with Crippen LogP contribution in [0.2, 0.25) is 0 Å². The summed E-state index contributed by atoms with van der Waals surface area (Å²) in [7, 11) is 1.85. The van der Waals surface area contributed by atoms with Crippen LogP contribution >= 0.6 is 0 Å². The number of amides is 1. The maximum Gasteiger partial charge on any atom is 0.247 e. The Morgan fingerprint density at radius 2 is 2.25 bits per heavy atom. The van der Waals surface area contributed by atoms with Gasteiger partial charge in [0.1, 0.15) is 0 Å². The van der Waals surface area contributed by atoms with E-state index in [-0.39, 0.29) is 11.9 Å². The lowest BCUT2D eigenvalue weighted by Gasteiger charge is -2.22. The first-order valence-electron chi connectivity index (χ1n) is 7.99. The maximum atomic E-state index is 12.6. The van der Waals surface area contributed by atoms with Crippen LogP contribution in [0.25, 0.3) is 11.7 Å². The monoisotopic (exact) mass is 322 g/mol. The molecule has 3 aromatic heterocycles. The fraction of sp³-hybridized carbons (Fsp3) is 0.294. The van der Waals surface area contributed by atoms with E-state index in [0.717, 1.165) is 36.4 Å². The van der Waals surface area contributed by atoms with Crippen LogP contribution in [0.15, 0.2) is 42.9 Å². The van der Waals surface area contributed by atoms with Crippen LogP contribution in [0.5, 0.6) is 0 Å². The van der Waals surface area contributed by atoms with Crippen LogP contribution in [-0.4, -0.2) is 41.7 Å². The molecule has 0 saturated carbocycles. The molecule has 0 N–H and O–H groups in total. The maximum absolute atomic E-state index is 12.6. The summed E-state index contributed by atoms with van der Waals surface area (Å²) >= 11 is 0. The average molecular weight is 322 g/mol. The molecule has 1 fully saturated rings. The van der Waals surface area contributed by atoms with E-state index in [1.165, 1.54) is 0 Å². The zero-order valence-corrected chi connectivity index (χ0v) is 13.4. The second-order valence-corrected chi connectivity index (χ2v) is 5.96. The van der Waals surface area contributed by atoms with Gasteiger partial charge in [-0.1, -0.05) is 6.07 Å². The van der Waals surface area contributed by atoms with Gasteiger partial charge in [0.2, 0.25) is 5.91 Å². The molecule has 1 saturated heterocycles. The highest BCUT2D eigenvalue weighted by atomic mass is 16.2. The Labute approximate surface area is 139 Å². The van der Waals surface area contributed by atoms with Gasteiger partial charge in [-0.15, -0.1) is 10.2 Å². The zero-order valence-electron chi connectivity index (χ0n) is 13.4. The van der Waals surface area contributed by atoms with E-state index < -0.39 is 0 Å². The van der Waals surface area contributed by atoms with E-state index in [1.54, 1.807) is 23.0 Å². The van der Waals surface area contributed by atoms with Crippen molar-refractivity contribution in [1.82, 2.24) is 29.3 Å². The van der Waals surface area contributed by atoms with Gasteiger partial charge in [-0.25, -0.2) is 0 Å². The highest BCUT2D eigenvalue weighted by Gasteiger charge is 2.32. The topological polar surface area (TPSA) is 68.3 Å². The molecule has 1 aliphatic heterocycles. The molecule has 24 heavy (non-hydrogen) atoms. The van der Waals surface area contributed by atoms with Gasteiger partial charge in [-0.05, 0) is 31.1 Å². The number of nitrogens with zero attached hydrogens (tertiary/aromatic N) is 6. The number of rotatable bonds is 3. The van der Waals surface area contributed by atoms with Crippen LogP contribution in [0.3, 0.4) is 0 Å². The van der Waals surface area contributed by atoms with Crippen LogP contribution < -0.4 is 0 Å². The van der Waals surface area contributed by atoms with E-state index in [9.17, 15) is 4.79 Å². The summed E-state index contributed by atoms with van der Waals surface area (Å²) in [5.74, 6) is 0.820. The smallest absolute Gasteiger partial charge is 0.247 e. The number of aryl methyl sites for hydroxylation is 1. The van der Waals surface area contributed by atoms with E-state index in [1.807, 2.05) is 46.9 Å². The van der Waals surface area contributed by atoms with Crippen molar-refractivity contribution in [2.45, 2.75) is 18.9 Å². The van der Waals surface area contributed by atoms with Crippen LogP contribution in [-0.2, 0) is 11.8 Å². The molecular weight excluding hydrogens is 304 g/mol. The average Bonchev–Trinajstić information content (AvgIpc) is 3.31. The number of likely N-dealkylation sites (tertiary alicyclic amines) is 1. The summed E-state index contributed by atoms with van der Waals surface area (Å²) in [6, 6.07) is 5.76. The number of aromatic nitrogens is 5. The van der Waals surface area contributed by atoms with Crippen molar-refractivity contribution in [3.8, 4) is 0 Å². The standard InChI is InChI=1S/C17H18N6O/c1-21-12-13(11-18-21)7-8-16(24)22-10-4-5-14(22)17-20-19-15-6-2-3-9-23(15)17/h2-3,6-9,11-12,14H,4-5,10H2,1H3/b8-7+/t14-/m1/s1. The van der Waals surface area contributed by atoms with Crippen molar-refractivity contribution in [2.24, 2.45) is 7.05 Å². The molecular formula is C17H18N6O. The predicted molar refractivity (Wildman–Crippen MR) is 88.9 cm³/mol. The number of pyridine rings is 1. The Bertz CT molecular complexity index is 909. The fourth-order valence-electron chi connectivity index (χ4n) is 3.18. The van der Waals surface area contributed by atoms with Gasteiger partial charge in [0, 0.05) is 37.6 Å². The molecule has 4 rings (SSSR count). The SMILES string of the molecule is Cn1cc(/C=C/C(=O)N2CCC[C@@H]2c2nnc3ccccn23)cn1. The Kier molecular flexibility index (Phi) is 3.60. The molecule has 4 heterocycles. The van der Waals surface area contributed by atoms with Crippen molar-refractivity contribution in [1.29, 1.82) is 0 Å². The Hall–Kier alpha value is -2.96. The van der Waals surface area contributed by atoms with Gasteiger partial charge in [-0.3, -0.25) is 13.9 Å². The molecule has 0 spiro atoms. The van der Waals surface area contributed by atoms with Crippen LogP contribution in [0.4, 0.5) is 0 Å². The van der Waals surface area contributed by atoms with Crippen molar-refractivity contribution in [3.05, 3.63) is 54.3 Å². The van der Waals surface area contributed by atoms with Gasteiger partial charge < -0.3 is 4.90 Å². The molecule has 1 atom stereocenters. The minimum Gasteiger partial charge on any atom is -0.329 e. The van der Waals surface area contributed by atoms with Gasteiger partial charge >= 0.3 is 0 Å². The Morgan fingerprint density at radius 1 is 1.33 bits per heavy atom. The Balaban J connectivity index is 1.58. The van der Waals surface area contributed by atoms with Gasteiger partial charge in [-0.2, -0.15) is 5.10 Å². The molecule has 0 aliphatic carbocycles. The van der Waals surface area contributed by atoms with Crippen molar-refractivity contribution >= 4 is 17.6 Å². The van der Waals surface area contributed by atoms with Crippen LogP contribution in [0, 0.1) is 0 Å². The summed E-state index contributed by atoms with van der Waals surface area (Å²) in [6.45, 7) is 0.739. The molecule has 0 aromatic carbocycles. The van der Waals surface area contributed by atoms with E-state index in [0.29, 0.717) is 0 Å². The summed E-state index contributed by atoms with van der Waals surface area (Å²) in [5.41, 5.74) is 1.72. The van der Waals surface area contributed by atoms with Crippen LogP contribution in [0.1, 0.15) is 30.3 Å². The second kappa shape index (κ2) is 5.92. The van der Waals surface area contributed by atoms with Crippen molar-refractivity contribution < 1.29 is 4.79 Å².